The van der Waals surface area contributed by atoms with Crippen molar-refractivity contribution in [2.45, 2.75) is 38.1 Å². The lowest BCUT2D eigenvalue weighted by Gasteiger charge is -2.12. The molecule has 0 bridgehead atoms. The minimum atomic E-state index is -4.44. The van der Waals surface area contributed by atoms with Crippen LogP contribution >= 0.6 is 11.3 Å². The molecule has 1 aromatic heterocycles. The van der Waals surface area contributed by atoms with Crippen molar-refractivity contribution >= 4 is 23.8 Å². The number of ether oxygens (including phenoxy) is 1. The number of aldehydes is 1. The summed E-state index contributed by atoms with van der Waals surface area (Å²) in [4.78, 5) is 19.4. The maximum Gasteiger partial charge on any atom is 0.443 e. The van der Waals surface area contributed by atoms with Gasteiger partial charge in [-0.3, -0.25) is 4.79 Å². The highest BCUT2D eigenvalue weighted by Crippen LogP contribution is 2.34. The molecular formula is C18H17F3N2O3S. The molecule has 1 atom stereocenters. The van der Waals surface area contributed by atoms with E-state index in [-0.39, 0.29) is 18.4 Å². The van der Waals surface area contributed by atoms with Crippen LogP contribution in [0.5, 0.6) is 5.75 Å². The van der Waals surface area contributed by atoms with E-state index in [2.05, 4.69) is 10.1 Å². The van der Waals surface area contributed by atoms with Gasteiger partial charge in [0.05, 0.1) is 5.69 Å². The number of hydrogen-bond donors (Lipinski definition) is 0. The lowest BCUT2D eigenvalue weighted by atomic mass is 10.1. The minimum Gasteiger partial charge on any atom is -0.483 e. The van der Waals surface area contributed by atoms with Crippen LogP contribution in [0.2, 0.25) is 0 Å². The summed E-state index contributed by atoms with van der Waals surface area (Å²) in [6, 6.07) is 7.28. The lowest BCUT2D eigenvalue weighted by molar-refractivity contribution is -0.137. The van der Waals surface area contributed by atoms with Crippen LogP contribution < -0.4 is 4.74 Å². The quantitative estimate of drug-likeness (QED) is 0.360. The molecule has 27 heavy (non-hydrogen) atoms. The van der Waals surface area contributed by atoms with Gasteiger partial charge in [0.15, 0.2) is 24.0 Å². The van der Waals surface area contributed by atoms with Gasteiger partial charge in [-0.1, -0.05) is 17.3 Å². The average molecular weight is 398 g/mol. The summed E-state index contributed by atoms with van der Waals surface area (Å²) in [5.41, 5.74) is 1.14. The molecule has 5 nitrogen and oxygen atoms in total. The largest absolute Gasteiger partial charge is 0.483 e. The van der Waals surface area contributed by atoms with E-state index >= 15 is 0 Å². The first-order valence-electron chi connectivity index (χ1n) is 8.32. The van der Waals surface area contributed by atoms with Crippen LogP contribution in [0.4, 0.5) is 13.2 Å². The topological polar surface area (TPSA) is 60.8 Å². The Morgan fingerprint density at radius 2 is 2.04 bits per heavy atom. The lowest BCUT2D eigenvalue weighted by Crippen LogP contribution is -2.20. The van der Waals surface area contributed by atoms with Gasteiger partial charge in [-0.15, -0.1) is 11.3 Å². The van der Waals surface area contributed by atoms with E-state index in [1.165, 1.54) is 11.6 Å². The van der Waals surface area contributed by atoms with Gasteiger partial charge in [0.1, 0.15) is 5.75 Å². The monoisotopic (exact) mass is 398 g/mol. The van der Waals surface area contributed by atoms with Gasteiger partial charge in [-0.25, -0.2) is 4.98 Å². The first-order chi connectivity index (χ1) is 13.0. The van der Waals surface area contributed by atoms with Gasteiger partial charge in [-0.05, 0) is 30.5 Å². The molecule has 1 aromatic carbocycles. The molecular weight excluding hydrogens is 381 g/mol. The summed E-state index contributed by atoms with van der Waals surface area (Å²) < 4.78 is 43.0. The van der Waals surface area contributed by atoms with Crippen LogP contribution in [-0.4, -0.2) is 23.6 Å². The molecule has 3 rings (SSSR count). The van der Waals surface area contributed by atoms with E-state index in [1.54, 1.807) is 12.1 Å². The van der Waals surface area contributed by atoms with Gasteiger partial charge in [0, 0.05) is 23.9 Å². The molecule has 1 aliphatic rings. The molecule has 144 valence electrons. The van der Waals surface area contributed by atoms with Gasteiger partial charge in [0.2, 0.25) is 0 Å². The van der Waals surface area contributed by atoms with Gasteiger partial charge in [0.25, 0.3) is 0 Å². The van der Waals surface area contributed by atoms with Crippen molar-refractivity contribution in [1.29, 1.82) is 0 Å². The van der Waals surface area contributed by atoms with E-state index < -0.39 is 11.2 Å². The van der Waals surface area contributed by atoms with E-state index in [1.807, 2.05) is 12.1 Å². The number of hydrogen-bond acceptors (Lipinski definition) is 6. The predicted octanol–water partition coefficient (Wildman–Crippen LogP) is 4.26. The fourth-order valence-electron chi connectivity index (χ4n) is 2.32. The molecule has 0 aliphatic heterocycles. The molecule has 0 radical (unpaired) electrons. The van der Waals surface area contributed by atoms with Crippen LogP contribution in [0, 0.1) is 5.92 Å². The van der Waals surface area contributed by atoms with E-state index in [4.69, 9.17) is 9.57 Å². The SMILES string of the molecule is O=CC(Oc1ccc(CC=NOCc2csc(C(F)(F)F)n2)cc1)C1CC1. The summed E-state index contributed by atoms with van der Waals surface area (Å²) >= 11 is 0.528. The van der Waals surface area contributed by atoms with Crippen molar-refractivity contribution in [2.24, 2.45) is 11.1 Å². The number of nitrogens with zero attached hydrogens (tertiary/aromatic N) is 2. The molecule has 0 saturated heterocycles. The number of thiazole rings is 1. The second kappa shape index (κ2) is 8.51. The van der Waals surface area contributed by atoms with E-state index in [9.17, 15) is 18.0 Å². The molecule has 1 saturated carbocycles. The number of oxime groups is 1. The zero-order chi connectivity index (χ0) is 19.3. The van der Waals surface area contributed by atoms with Crippen molar-refractivity contribution in [3.05, 3.63) is 45.9 Å². The molecule has 9 heteroatoms. The molecule has 2 aromatic rings. The maximum absolute atomic E-state index is 12.4. The normalized spacial score (nSPS) is 15.7. The highest BCUT2D eigenvalue weighted by Gasteiger charge is 2.34. The molecule has 0 N–H and O–H groups in total. The fraction of sp³-hybridized carbons (Fsp3) is 0.389. The number of carbonyl (C=O) groups is 1. The Labute approximate surface area is 157 Å². The molecule has 1 unspecified atom stereocenters. The summed E-state index contributed by atoms with van der Waals surface area (Å²) in [6.45, 7) is -0.121. The Kier molecular flexibility index (Phi) is 6.10. The van der Waals surface area contributed by atoms with Crippen LogP contribution in [0.15, 0.2) is 34.8 Å². The smallest absolute Gasteiger partial charge is 0.443 e. The molecule has 1 aliphatic carbocycles. The number of aromatic nitrogens is 1. The van der Waals surface area contributed by atoms with Gasteiger partial charge in [-0.2, -0.15) is 13.2 Å². The summed E-state index contributed by atoms with van der Waals surface area (Å²) in [5.74, 6) is 0.969. The third kappa shape index (κ3) is 5.78. The van der Waals surface area contributed by atoms with Crippen molar-refractivity contribution in [3.63, 3.8) is 0 Å². The second-order valence-electron chi connectivity index (χ2n) is 6.11. The van der Waals surface area contributed by atoms with Crippen molar-refractivity contribution < 1.29 is 27.5 Å². The third-order valence-corrected chi connectivity index (χ3v) is 4.83. The summed E-state index contributed by atoms with van der Waals surface area (Å²) in [5, 5.41) is 4.13. The number of halogens is 3. The number of rotatable bonds is 9. The Morgan fingerprint density at radius 1 is 1.30 bits per heavy atom. The molecule has 1 heterocycles. The van der Waals surface area contributed by atoms with E-state index in [0.717, 1.165) is 24.7 Å². The second-order valence-corrected chi connectivity index (χ2v) is 6.97. The highest BCUT2D eigenvalue weighted by molar-refractivity contribution is 7.09. The van der Waals surface area contributed by atoms with Gasteiger partial charge >= 0.3 is 6.18 Å². The summed E-state index contributed by atoms with van der Waals surface area (Å²) in [7, 11) is 0. The van der Waals surface area contributed by atoms with E-state index in [0.29, 0.717) is 29.4 Å². The average Bonchev–Trinajstić information content (AvgIpc) is 3.36. The first-order valence-corrected chi connectivity index (χ1v) is 9.20. The van der Waals surface area contributed by atoms with Crippen LogP contribution in [0.1, 0.15) is 29.1 Å². The van der Waals surface area contributed by atoms with Crippen LogP contribution in [0.25, 0.3) is 0 Å². The van der Waals surface area contributed by atoms with Crippen molar-refractivity contribution in [2.75, 3.05) is 0 Å². The van der Waals surface area contributed by atoms with Crippen LogP contribution in [0.3, 0.4) is 0 Å². The van der Waals surface area contributed by atoms with Crippen LogP contribution in [-0.2, 0) is 28.8 Å². The Morgan fingerprint density at radius 3 is 2.63 bits per heavy atom. The zero-order valence-electron chi connectivity index (χ0n) is 14.2. The zero-order valence-corrected chi connectivity index (χ0v) is 15.0. The summed E-state index contributed by atoms with van der Waals surface area (Å²) in [6.07, 6.45) is 0.0831. The number of benzene rings is 1. The van der Waals surface area contributed by atoms with Crippen molar-refractivity contribution in [3.8, 4) is 5.75 Å². The van der Waals surface area contributed by atoms with Gasteiger partial charge < -0.3 is 9.57 Å². The Hall–Kier alpha value is -2.42. The standard InChI is InChI=1S/C18H17F3N2O3S/c19-18(20,21)17-23-14(11-27-17)10-25-22-8-7-12-1-5-15(6-2-12)26-16(9-24)13-3-4-13/h1-2,5-6,8-9,11,13,16H,3-4,7,10H2. The third-order valence-electron chi connectivity index (χ3n) is 3.90. The Bertz CT molecular complexity index is 786. The number of alkyl halides is 3. The maximum atomic E-state index is 12.4. The molecule has 0 amide bonds. The number of carbonyl (C=O) groups excluding carboxylic acids is 1. The molecule has 0 spiro atoms. The molecule has 1 fully saturated rings. The predicted molar refractivity (Wildman–Crippen MR) is 93.7 cm³/mol. The van der Waals surface area contributed by atoms with Crippen molar-refractivity contribution in [1.82, 2.24) is 4.98 Å². The fourth-order valence-corrected chi connectivity index (χ4v) is 3.00. The Balaban J connectivity index is 1.41. The highest BCUT2D eigenvalue weighted by atomic mass is 32.1. The minimum absolute atomic E-state index is 0.121. The first kappa shape index (κ1) is 19.3.